The van der Waals surface area contributed by atoms with Gasteiger partial charge in [-0.2, -0.15) is 0 Å². The molecule has 0 saturated carbocycles. The second-order valence-electron chi connectivity index (χ2n) is 5.14. The zero-order chi connectivity index (χ0) is 13.3. The molecule has 3 heteroatoms. The van der Waals surface area contributed by atoms with Gasteiger partial charge >= 0.3 is 5.97 Å². The Morgan fingerprint density at radius 1 is 1.18 bits per heavy atom. The van der Waals surface area contributed by atoms with Gasteiger partial charge in [-0.25, -0.2) is 0 Å². The summed E-state index contributed by atoms with van der Waals surface area (Å²) < 4.78 is 10.7. The quantitative estimate of drug-likeness (QED) is 0.350. The molecular weight excluding hydrogens is 216 g/mol. The molecule has 17 heavy (non-hydrogen) atoms. The summed E-state index contributed by atoms with van der Waals surface area (Å²) in [5, 5.41) is 0. The standard InChI is InChI=1S/C14H28O3/c1-6-8-9-10-11-16-12(3)17-13(15)14(4,5)7-2/h12H,6-11H2,1-5H3. The summed E-state index contributed by atoms with van der Waals surface area (Å²) in [6.07, 6.45) is 5.00. The molecular formula is C14H28O3. The summed E-state index contributed by atoms with van der Waals surface area (Å²) in [7, 11) is 0. The van der Waals surface area contributed by atoms with Gasteiger partial charge in [0, 0.05) is 0 Å². The van der Waals surface area contributed by atoms with Gasteiger partial charge < -0.3 is 9.47 Å². The maximum Gasteiger partial charge on any atom is 0.313 e. The highest BCUT2D eigenvalue weighted by molar-refractivity contribution is 5.75. The lowest BCUT2D eigenvalue weighted by molar-refractivity contribution is -0.185. The number of ether oxygens (including phenoxy) is 2. The number of unbranched alkanes of at least 4 members (excludes halogenated alkanes) is 3. The Labute approximate surface area is 106 Å². The van der Waals surface area contributed by atoms with E-state index >= 15 is 0 Å². The van der Waals surface area contributed by atoms with Gasteiger partial charge in [-0.15, -0.1) is 0 Å². The fourth-order valence-electron chi connectivity index (χ4n) is 1.27. The van der Waals surface area contributed by atoms with Gasteiger partial charge in [0.25, 0.3) is 0 Å². The Bertz CT molecular complexity index is 212. The third-order valence-corrected chi connectivity index (χ3v) is 3.06. The Morgan fingerprint density at radius 3 is 2.35 bits per heavy atom. The average molecular weight is 244 g/mol. The first kappa shape index (κ1) is 16.4. The van der Waals surface area contributed by atoms with Crippen molar-refractivity contribution in [3.8, 4) is 0 Å². The molecule has 0 spiro atoms. The first-order valence-corrected chi connectivity index (χ1v) is 6.76. The highest BCUT2D eigenvalue weighted by Gasteiger charge is 2.28. The zero-order valence-electron chi connectivity index (χ0n) is 12.0. The van der Waals surface area contributed by atoms with Crippen molar-refractivity contribution < 1.29 is 14.3 Å². The van der Waals surface area contributed by atoms with E-state index in [0.717, 1.165) is 12.8 Å². The van der Waals surface area contributed by atoms with E-state index in [1.165, 1.54) is 19.3 Å². The fraction of sp³-hybridized carbons (Fsp3) is 0.929. The smallest absolute Gasteiger partial charge is 0.313 e. The van der Waals surface area contributed by atoms with Gasteiger partial charge in [0.1, 0.15) is 0 Å². The Kier molecular flexibility index (Phi) is 8.23. The van der Waals surface area contributed by atoms with Crippen LogP contribution >= 0.6 is 0 Å². The van der Waals surface area contributed by atoms with Crippen LogP contribution in [0.2, 0.25) is 0 Å². The molecule has 0 aromatic rings. The molecule has 0 aromatic carbocycles. The molecule has 0 heterocycles. The van der Waals surface area contributed by atoms with Gasteiger partial charge in [-0.3, -0.25) is 4.79 Å². The van der Waals surface area contributed by atoms with Crippen LogP contribution in [0, 0.1) is 5.41 Å². The minimum Gasteiger partial charge on any atom is -0.436 e. The molecule has 0 fully saturated rings. The van der Waals surface area contributed by atoms with E-state index < -0.39 is 11.7 Å². The molecule has 0 aliphatic heterocycles. The van der Waals surface area contributed by atoms with Gasteiger partial charge in [-0.05, 0) is 33.6 Å². The molecule has 0 radical (unpaired) electrons. The van der Waals surface area contributed by atoms with E-state index in [1.54, 1.807) is 6.92 Å². The second kappa shape index (κ2) is 8.51. The van der Waals surface area contributed by atoms with Crippen LogP contribution < -0.4 is 0 Å². The normalized spacial score (nSPS) is 13.5. The molecule has 102 valence electrons. The molecule has 0 aromatic heterocycles. The Balaban J connectivity index is 3.71. The maximum absolute atomic E-state index is 11.7. The van der Waals surface area contributed by atoms with Gasteiger partial charge in [0.2, 0.25) is 0 Å². The van der Waals surface area contributed by atoms with E-state index in [1.807, 2.05) is 20.8 Å². The fourth-order valence-corrected chi connectivity index (χ4v) is 1.27. The monoisotopic (exact) mass is 244 g/mol. The lowest BCUT2D eigenvalue weighted by Gasteiger charge is -2.23. The number of carbonyl (C=O) groups excluding carboxylic acids is 1. The van der Waals surface area contributed by atoms with Crippen LogP contribution in [0.4, 0.5) is 0 Å². The van der Waals surface area contributed by atoms with Crippen LogP contribution in [-0.4, -0.2) is 18.9 Å². The second-order valence-corrected chi connectivity index (χ2v) is 5.14. The summed E-state index contributed by atoms with van der Waals surface area (Å²) in [6, 6.07) is 0. The van der Waals surface area contributed by atoms with Crippen molar-refractivity contribution in [3.63, 3.8) is 0 Å². The van der Waals surface area contributed by atoms with E-state index in [9.17, 15) is 4.79 Å². The van der Waals surface area contributed by atoms with Gasteiger partial charge in [-0.1, -0.05) is 33.1 Å². The maximum atomic E-state index is 11.7. The van der Waals surface area contributed by atoms with Crippen LogP contribution in [0.15, 0.2) is 0 Å². The number of carbonyl (C=O) groups is 1. The largest absolute Gasteiger partial charge is 0.436 e. The molecule has 0 aliphatic carbocycles. The zero-order valence-corrected chi connectivity index (χ0v) is 12.0. The summed E-state index contributed by atoms with van der Waals surface area (Å²) in [5.74, 6) is -0.180. The molecule has 0 bridgehead atoms. The molecule has 0 saturated heterocycles. The molecule has 0 N–H and O–H groups in total. The number of rotatable bonds is 9. The van der Waals surface area contributed by atoms with Crippen molar-refractivity contribution in [1.29, 1.82) is 0 Å². The van der Waals surface area contributed by atoms with Crippen LogP contribution in [0.3, 0.4) is 0 Å². The average Bonchev–Trinajstić information content (AvgIpc) is 2.28. The van der Waals surface area contributed by atoms with Crippen LogP contribution in [0.1, 0.15) is 66.7 Å². The Hall–Kier alpha value is -0.570. The highest BCUT2D eigenvalue weighted by Crippen LogP contribution is 2.22. The molecule has 0 rings (SSSR count). The molecule has 0 amide bonds. The number of hydrogen-bond donors (Lipinski definition) is 0. The van der Waals surface area contributed by atoms with Crippen molar-refractivity contribution in [2.24, 2.45) is 5.41 Å². The minimum absolute atomic E-state index is 0.180. The molecule has 1 atom stereocenters. The van der Waals surface area contributed by atoms with Crippen LogP contribution in [-0.2, 0) is 14.3 Å². The first-order valence-electron chi connectivity index (χ1n) is 6.76. The van der Waals surface area contributed by atoms with Crippen molar-refractivity contribution in [1.82, 2.24) is 0 Å². The van der Waals surface area contributed by atoms with E-state index in [2.05, 4.69) is 6.92 Å². The van der Waals surface area contributed by atoms with Crippen molar-refractivity contribution in [2.75, 3.05) is 6.61 Å². The van der Waals surface area contributed by atoms with Crippen molar-refractivity contribution in [2.45, 2.75) is 73.0 Å². The van der Waals surface area contributed by atoms with Crippen molar-refractivity contribution in [3.05, 3.63) is 0 Å². The van der Waals surface area contributed by atoms with Gasteiger partial charge in [0.05, 0.1) is 12.0 Å². The minimum atomic E-state index is -0.435. The first-order chi connectivity index (χ1) is 7.94. The Morgan fingerprint density at radius 2 is 1.82 bits per heavy atom. The number of hydrogen-bond acceptors (Lipinski definition) is 3. The van der Waals surface area contributed by atoms with Crippen LogP contribution in [0.25, 0.3) is 0 Å². The number of esters is 1. The third kappa shape index (κ3) is 7.37. The van der Waals surface area contributed by atoms with E-state index in [4.69, 9.17) is 9.47 Å². The molecule has 0 aliphatic rings. The third-order valence-electron chi connectivity index (χ3n) is 3.06. The predicted octanol–water partition coefficient (Wildman–Crippen LogP) is 3.91. The van der Waals surface area contributed by atoms with E-state index in [0.29, 0.717) is 6.61 Å². The van der Waals surface area contributed by atoms with Crippen LogP contribution in [0.5, 0.6) is 0 Å². The van der Waals surface area contributed by atoms with Gasteiger partial charge in [0.15, 0.2) is 6.29 Å². The SMILES string of the molecule is CCCCCCOC(C)OC(=O)C(C)(C)CC. The topological polar surface area (TPSA) is 35.5 Å². The molecule has 1 unspecified atom stereocenters. The summed E-state index contributed by atoms with van der Waals surface area (Å²) in [4.78, 5) is 11.7. The summed E-state index contributed by atoms with van der Waals surface area (Å²) in [6.45, 7) is 10.4. The summed E-state index contributed by atoms with van der Waals surface area (Å²) >= 11 is 0. The highest BCUT2D eigenvalue weighted by atomic mass is 16.7. The lowest BCUT2D eigenvalue weighted by atomic mass is 9.91. The predicted molar refractivity (Wildman–Crippen MR) is 69.7 cm³/mol. The van der Waals surface area contributed by atoms with E-state index in [-0.39, 0.29) is 5.97 Å². The summed E-state index contributed by atoms with van der Waals surface area (Å²) in [5.41, 5.74) is -0.417. The van der Waals surface area contributed by atoms with Crippen molar-refractivity contribution >= 4 is 5.97 Å². The lowest BCUT2D eigenvalue weighted by Crippen LogP contribution is -2.30. The molecule has 3 nitrogen and oxygen atoms in total.